The van der Waals surface area contributed by atoms with Crippen molar-refractivity contribution >= 4 is 66.9 Å². The van der Waals surface area contributed by atoms with Gasteiger partial charge in [-0.3, -0.25) is 24.5 Å². The molecule has 0 N–H and O–H groups in total. The van der Waals surface area contributed by atoms with Crippen molar-refractivity contribution in [2.45, 2.75) is 22.6 Å². The first kappa shape index (κ1) is 23.4. The lowest BCUT2D eigenvalue weighted by atomic mass is 9.81. The van der Waals surface area contributed by atoms with Crippen molar-refractivity contribution in [3.63, 3.8) is 0 Å². The molecule has 8 nitrogen and oxygen atoms in total. The summed E-state index contributed by atoms with van der Waals surface area (Å²) in [5.74, 6) is -2.29. The zero-order chi connectivity index (χ0) is 24.3. The van der Waals surface area contributed by atoms with Gasteiger partial charge in [-0.05, 0) is 48.1 Å². The number of benzene rings is 2. The van der Waals surface area contributed by atoms with E-state index in [-0.39, 0.29) is 51.1 Å². The van der Waals surface area contributed by atoms with Crippen LogP contribution in [-0.2, 0) is 16.1 Å². The average Bonchev–Trinajstić information content (AvgIpc) is 3.43. The molecule has 34 heavy (non-hydrogen) atoms. The number of hydrazine groups is 1. The molecule has 1 aliphatic heterocycles. The molecular formula is C23H18Br2ClN3O5. The molecule has 2 saturated carbocycles. The molecule has 0 radical (unpaired) electrons. The van der Waals surface area contributed by atoms with Gasteiger partial charge in [-0.25, -0.2) is 5.01 Å². The van der Waals surface area contributed by atoms with Crippen LogP contribution < -0.4 is 0 Å². The third kappa shape index (κ3) is 3.67. The number of rotatable bonds is 5. The molecule has 3 amide bonds. The van der Waals surface area contributed by atoms with E-state index < -0.39 is 22.7 Å². The molecular weight excluding hydrogens is 594 g/mol. The first-order valence-corrected chi connectivity index (χ1v) is 12.9. The molecule has 3 fully saturated rings. The van der Waals surface area contributed by atoms with Crippen LogP contribution in [0.3, 0.4) is 0 Å². The number of amides is 3. The highest BCUT2D eigenvalue weighted by Crippen LogP contribution is 2.60. The highest BCUT2D eigenvalue weighted by atomic mass is 79.9. The van der Waals surface area contributed by atoms with E-state index in [1.807, 2.05) is 0 Å². The molecule has 2 aromatic carbocycles. The van der Waals surface area contributed by atoms with Gasteiger partial charge >= 0.3 is 0 Å². The number of hydrogen-bond acceptors (Lipinski definition) is 5. The number of alkyl halides is 2. The Bertz CT molecular complexity index is 1160. The molecule has 1 saturated heterocycles. The molecule has 0 unspecified atom stereocenters. The fourth-order valence-electron chi connectivity index (χ4n) is 5.44. The van der Waals surface area contributed by atoms with Crippen molar-refractivity contribution in [1.29, 1.82) is 0 Å². The Labute approximate surface area is 216 Å². The van der Waals surface area contributed by atoms with Gasteiger partial charge in [-0.2, -0.15) is 5.01 Å². The average molecular weight is 612 g/mol. The lowest BCUT2D eigenvalue weighted by Crippen LogP contribution is -2.50. The first-order chi connectivity index (χ1) is 16.2. The van der Waals surface area contributed by atoms with Gasteiger partial charge in [0.2, 0.25) is 0 Å². The van der Waals surface area contributed by atoms with Gasteiger partial charge in [-0.15, -0.1) is 0 Å². The monoisotopic (exact) mass is 609 g/mol. The third-order valence-corrected chi connectivity index (χ3v) is 10.5. The number of nitro benzene ring substituents is 1. The van der Waals surface area contributed by atoms with Crippen molar-refractivity contribution in [3.8, 4) is 0 Å². The van der Waals surface area contributed by atoms with E-state index in [0.717, 1.165) is 16.4 Å². The van der Waals surface area contributed by atoms with Gasteiger partial charge in [-0.1, -0.05) is 55.6 Å². The molecule has 11 heteroatoms. The topological polar surface area (TPSA) is 101 Å². The van der Waals surface area contributed by atoms with Crippen molar-refractivity contribution < 1.29 is 19.3 Å². The molecule has 6 atom stereocenters. The Hall–Kier alpha value is -2.30. The van der Waals surface area contributed by atoms with Crippen molar-refractivity contribution in [2.75, 3.05) is 0 Å². The second kappa shape index (κ2) is 8.73. The third-order valence-electron chi connectivity index (χ3n) is 7.01. The highest BCUT2D eigenvalue weighted by molar-refractivity contribution is 9.12. The molecule has 2 aromatic rings. The van der Waals surface area contributed by atoms with Gasteiger partial charge in [0.1, 0.15) is 0 Å². The number of non-ortho nitro benzene ring substituents is 1. The predicted octanol–water partition coefficient (Wildman–Crippen LogP) is 4.58. The zero-order valence-electron chi connectivity index (χ0n) is 17.5. The second-order valence-electron chi connectivity index (χ2n) is 8.79. The Morgan fingerprint density at radius 2 is 1.53 bits per heavy atom. The van der Waals surface area contributed by atoms with Gasteiger partial charge in [0.15, 0.2) is 0 Å². The molecule has 0 aromatic heterocycles. The number of nitro groups is 1. The number of hydrogen-bond donors (Lipinski definition) is 0. The minimum atomic E-state index is -0.593. The van der Waals surface area contributed by atoms with Crippen LogP contribution in [0.4, 0.5) is 5.69 Å². The van der Waals surface area contributed by atoms with Crippen molar-refractivity contribution in [1.82, 2.24) is 10.0 Å². The fourth-order valence-corrected chi connectivity index (χ4v) is 7.44. The maximum Gasteiger partial charge on any atom is 0.273 e. The van der Waals surface area contributed by atoms with E-state index in [4.69, 9.17) is 11.6 Å². The summed E-state index contributed by atoms with van der Waals surface area (Å²) in [7, 11) is 0. The summed E-state index contributed by atoms with van der Waals surface area (Å²) in [5, 5.41) is 13.7. The summed E-state index contributed by atoms with van der Waals surface area (Å²) in [5.41, 5.74) is 0.654. The highest BCUT2D eigenvalue weighted by Gasteiger charge is 2.67. The van der Waals surface area contributed by atoms with E-state index in [0.29, 0.717) is 10.6 Å². The van der Waals surface area contributed by atoms with Gasteiger partial charge in [0.05, 0.1) is 23.3 Å². The molecule has 176 valence electrons. The standard InChI is InChI=1S/C23H18Br2ClN3O5/c24-19-15-9-16(20(19)25)18-17(15)22(31)28(23(18)32)27(10-11-1-5-13(26)6-2-11)21(30)12-3-7-14(8-4-12)29(33)34/h1-8,15-20H,9-10H2/t15-,16-,17-,18+,19-,20+/m1/s1. The summed E-state index contributed by atoms with van der Waals surface area (Å²) in [6, 6.07) is 11.9. The minimum Gasteiger partial charge on any atom is -0.272 e. The summed E-state index contributed by atoms with van der Waals surface area (Å²) in [6.45, 7) is -0.0330. The van der Waals surface area contributed by atoms with Crippen LogP contribution in [0.1, 0.15) is 22.3 Å². The normalized spacial score (nSPS) is 29.4. The van der Waals surface area contributed by atoms with E-state index >= 15 is 0 Å². The molecule has 2 bridgehead atoms. The van der Waals surface area contributed by atoms with Crippen LogP contribution in [0.15, 0.2) is 48.5 Å². The van der Waals surface area contributed by atoms with Gasteiger partial charge in [0.25, 0.3) is 23.4 Å². The smallest absolute Gasteiger partial charge is 0.272 e. The van der Waals surface area contributed by atoms with E-state index in [9.17, 15) is 24.5 Å². The second-order valence-corrected chi connectivity index (χ2v) is 11.3. The van der Waals surface area contributed by atoms with Gasteiger partial charge < -0.3 is 0 Å². The maximum absolute atomic E-state index is 13.6. The summed E-state index contributed by atoms with van der Waals surface area (Å²) in [4.78, 5) is 51.3. The predicted molar refractivity (Wildman–Crippen MR) is 130 cm³/mol. The Balaban J connectivity index is 1.51. The Morgan fingerprint density at radius 3 is 2.03 bits per heavy atom. The van der Waals surface area contributed by atoms with E-state index in [2.05, 4.69) is 31.9 Å². The summed E-state index contributed by atoms with van der Waals surface area (Å²) in [6.07, 6.45) is 0.778. The van der Waals surface area contributed by atoms with Crippen LogP contribution >= 0.6 is 43.5 Å². The van der Waals surface area contributed by atoms with E-state index in [1.54, 1.807) is 24.3 Å². The Morgan fingerprint density at radius 1 is 1.00 bits per heavy atom. The van der Waals surface area contributed by atoms with Crippen LogP contribution in [0.5, 0.6) is 0 Å². The van der Waals surface area contributed by atoms with Crippen LogP contribution in [0, 0.1) is 33.8 Å². The molecule has 1 heterocycles. The molecule has 5 rings (SSSR count). The number of halogens is 3. The number of imide groups is 1. The lowest BCUT2D eigenvalue weighted by Gasteiger charge is -2.31. The number of carbonyl (C=O) groups excluding carboxylic acids is 3. The zero-order valence-corrected chi connectivity index (χ0v) is 21.4. The fraction of sp³-hybridized carbons (Fsp3) is 0.348. The summed E-state index contributed by atoms with van der Waals surface area (Å²) >= 11 is 13.3. The van der Waals surface area contributed by atoms with Crippen LogP contribution in [0.2, 0.25) is 5.02 Å². The van der Waals surface area contributed by atoms with Gasteiger partial charge in [0, 0.05) is 32.4 Å². The molecule has 2 aliphatic carbocycles. The quantitative estimate of drug-likeness (QED) is 0.213. The maximum atomic E-state index is 13.6. The number of fused-ring (bicyclic) bond motifs is 5. The van der Waals surface area contributed by atoms with Crippen LogP contribution in [-0.4, -0.2) is 42.3 Å². The number of nitrogens with zero attached hydrogens (tertiary/aromatic N) is 3. The van der Waals surface area contributed by atoms with Crippen LogP contribution in [0.25, 0.3) is 0 Å². The first-order valence-electron chi connectivity index (χ1n) is 10.7. The Kier molecular flexibility index (Phi) is 6.02. The van der Waals surface area contributed by atoms with E-state index in [1.165, 1.54) is 24.3 Å². The minimum absolute atomic E-state index is 0.00711. The number of carbonyl (C=O) groups is 3. The largest absolute Gasteiger partial charge is 0.273 e. The van der Waals surface area contributed by atoms with Crippen molar-refractivity contribution in [2.24, 2.45) is 23.7 Å². The summed E-state index contributed by atoms with van der Waals surface area (Å²) < 4.78 is 0. The SMILES string of the molecule is O=C(c1ccc([N+](=O)[O-])cc1)N(Cc1ccc(Cl)cc1)N1C(=O)[C@@H]2[C@H]3C[C@@H]([C@H](Br)[C@@H]3Br)[C@@H]2C1=O. The molecule has 0 spiro atoms. The molecule has 3 aliphatic rings. The lowest BCUT2D eigenvalue weighted by molar-refractivity contribution is -0.384. The van der Waals surface area contributed by atoms with Crippen molar-refractivity contribution in [3.05, 3.63) is 74.8 Å².